The molecule has 1 N–H and O–H groups in total. The number of nitrogens with zero attached hydrogens (tertiary/aromatic N) is 1. The summed E-state index contributed by atoms with van der Waals surface area (Å²) in [5, 5.41) is 3.18. The van der Waals surface area contributed by atoms with Crippen LogP contribution in [0.2, 0.25) is 0 Å². The highest BCUT2D eigenvalue weighted by Crippen LogP contribution is 2.21. The quantitative estimate of drug-likeness (QED) is 0.796. The summed E-state index contributed by atoms with van der Waals surface area (Å²) in [7, 11) is 1.89. The lowest BCUT2D eigenvalue weighted by Crippen LogP contribution is -2.48. The van der Waals surface area contributed by atoms with Gasteiger partial charge in [-0.2, -0.15) is 0 Å². The van der Waals surface area contributed by atoms with Crippen molar-refractivity contribution < 1.29 is 9.53 Å². The molecule has 3 unspecified atom stereocenters. The molecule has 0 aromatic heterocycles. The van der Waals surface area contributed by atoms with E-state index in [0.717, 1.165) is 45.6 Å². The Balaban J connectivity index is 1.97. The molecule has 4 heteroatoms. The molecule has 0 bridgehead atoms. The fourth-order valence-electron chi connectivity index (χ4n) is 2.95. The number of hydrogen-bond acceptors (Lipinski definition) is 3. The fraction of sp³-hybridized carbons (Fsp3) is 0.923. The maximum absolute atomic E-state index is 12.4. The van der Waals surface area contributed by atoms with E-state index in [-0.39, 0.29) is 11.9 Å². The molecule has 3 atom stereocenters. The van der Waals surface area contributed by atoms with Gasteiger partial charge in [0, 0.05) is 25.6 Å². The van der Waals surface area contributed by atoms with Gasteiger partial charge in [0.15, 0.2) is 0 Å². The van der Waals surface area contributed by atoms with Crippen LogP contribution in [0.1, 0.15) is 26.2 Å². The van der Waals surface area contributed by atoms with Gasteiger partial charge in [0.25, 0.3) is 0 Å². The van der Waals surface area contributed by atoms with Crippen molar-refractivity contribution in [2.45, 2.75) is 32.2 Å². The van der Waals surface area contributed by atoms with Gasteiger partial charge in [-0.15, -0.1) is 0 Å². The molecule has 0 aromatic rings. The average molecular weight is 240 g/mol. The van der Waals surface area contributed by atoms with Crippen molar-refractivity contribution in [2.24, 2.45) is 11.8 Å². The Morgan fingerprint density at radius 3 is 2.94 bits per heavy atom. The number of ether oxygens (including phenoxy) is 1. The molecular weight excluding hydrogens is 216 g/mol. The molecule has 98 valence electrons. The van der Waals surface area contributed by atoms with Gasteiger partial charge in [-0.3, -0.25) is 4.79 Å². The molecule has 0 saturated carbocycles. The van der Waals surface area contributed by atoms with Crippen LogP contribution in [0.3, 0.4) is 0 Å². The van der Waals surface area contributed by atoms with Crippen LogP contribution in [-0.2, 0) is 9.53 Å². The third kappa shape index (κ3) is 2.99. The number of likely N-dealkylation sites (N-methyl/N-ethyl adjacent to an activating group) is 1. The molecule has 2 heterocycles. The van der Waals surface area contributed by atoms with Crippen LogP contribution < -0.4 is 5.32 Å². The molecule has 2 saturated heterocycles. The van der Waals surface area contributed by atoms with Crippen LogP contribution in [0.15, 0.2) is 0 Å². The second-order valence-corrected chi connectivity index (χ2v) is 5.40. The first-order valence-corrected chi connectivity index (χ1v) is 6.76. The second-order valence-electron chi connectivity index (χ2n) is 5.40. The van der Waals surface area contributed by atoms with E-state index in [4.69, 9.17) is 4.74 Å². The molecule has 0 spiro atoms. The molecule has 2 aliphatic heterocycles. The zero-order valence-electron chi connectivity index (χ0n) is 10.9. The van der Waals surface area contributed by atoms with Crippen LogP contribution in [0.4, 0.5) is 0 Å². The highest BCUT2D eigenvalue weighted by atomic mass is 16.5. The van der Waals surface area contributed by atoms with Crippen molar-refractivity contribution in [3.05, 3.63) is 0 Å². The Kier molecular flexibility index (Phi) is 4.40. The Morgan fingerprint density at radius 1 is 1.47 bits per heavy atom. The smallest absolute Gasteiger partial charge is 0.239 e. The van der Waals surface area contributed by atoms with Gasteiger partial charge in [0.2, 0.25) is 5.91 Å². The van der Waals surface area contributed by atoms with Crippen LogP contribution in [0.5, 0.6) is 0 Å². The molecule has 2 rings (SSSR count). The third-order valence-electron chi connectivity index (χ3n) is 4.05. The summed E-state index contributed by atoms with van der Waals surface area (Å²) in [5.41, 5.74) is 0. The van der Waals surface area contributed by atoms with Crippen LogP contribution in [-0.4, -0.2) is 50.2 Å². The molecule has 0 aliphatic carbocycles. The summed E-state index contributed by atoms with van der Waals surface area (Å²) in [6.07, 6.45) is 3.36. The summed E-state index contributed by atoms with van der Waals surface area (Å²) >= 11 is 0. The molecule has 2 fully saturated rings. The Bertz CT molecular complexity index is 264. The molecule has 17 heavy (non-hydrogen) atoms. The normalized spacial score (nSPS) is 35.1. The summed E-state index contributed by atoms with van der Waals surface area (Å²) in [5.74, 6) is 1.27. The van der Waals surface area contributed by atoms with E-state index in [0.29, 0.717) is 11.8 Å². The summed E-state index contributed by atoms with van der Waals surface area (Å²) in [4.78, 5) is 14.4. The van der Waals surface area contributed by atoms with Gasteiger partial charge in [-0.1, -0.05) is 6.92 Å². The first kappa shape index (κ1) is 12.8. The Morgan fingerprint density at radius 2 is 2.29 bits per heavy atom. The zero-order chi connectivity index (χ0) is 12.3. The van der Waals surface area contributed by atoms with Crippen LogP contribution in [0, 0.1) is 11.8 Å². The minimum Gasteiger partial charge on any atom is -0.381 e. The molecule has 4 nitrogen and oxygen atoms in total. The largest absolute Gasteiger partial charge is 0.381 e. The van der Waals surface area contributed by atoms with E-state index >= 15 is 0 Å². The van der Waals surface area contributed by atoms with E-state index < -0.39 is 0 Å². The van der Waals surface area contributed by atoms with Crippen molar-refractivity contribution >= 4 is 5.91 Å². The van der Waals surface area contributed by atoms with E-state index in [1.165, 1.54) is 0 Å². The predicted molar refractivity (Wildman–Crippen MR) is 66.8 cm³/mol. The monoisotopic (exact) mass is 240 g/mol. The predicted octanol–water partition coefficient (Wildman–Crippen LogP) is 0.869. The van der Waals surface area contributed by atoms with Crippen molar-refractivity contribution in [2.75, 3.05) is 33.4 Å². The van der Waals surface area contributed by atoms with E-state index in [1.54, 1.807) is 0 Å². The number of carbonyl (C=O) groups is 1. The fourth-order valence-corrected chi connectivity index (χ4v) is 2.95. The average Bonchev–Trinajstić information content (AvgIpc) is 2.76. The maximum atomic E-state index is 12.4. The first-order valence-electron chi connectivity index (χ1n) is 6.76. The number of nitrogens with one attached hydrogen (secondary N) is 1. The van der Waals surface area contributed by atoms with Crippen molar-refractivity contribution in [1.82, 2.24) is 10.2 Å². The molecule has 1 amide bonds. The number of likely N-dealkylation sites (tertiary alicyclic amines) is 1. The lowest BCUT2D eigenvalue weighted by atomic mass is 9.98. The molecular formula is C13H24N2O2. The van der Waals surface area contributed by atoms with Gasteiger partial charge < -0.3 is 15.0 Å². The molecule has 0 aromatic carbocycles. The summed E-state index contributed by atoms with van der Waals surface area (Å²) < 4.78 is 5.39. The minimum atomic E-state index is -0.000165. The highest BCUT2D eigenvalue weighted by molar-refractivity contribution is 5.82. The third-order valence-corrected chi connectivity index (χ3v) is 4.05. The van der Waals surface area contributed by atoms with Gasteiger partial charge in [0.05, 0.1) is 12.6 Å². The van der Waals surface area contributed by atoms with Gasteiger partial charge >= 0.3 is 0 Å². The van der Waals surface area contributed by atoms with E-state index in [9.17, 15) is 4.79 Å². The lowest BCUT2D eigenvalue weighted by molar-refractivity contribution is -0.134. The zero-order valence-corrected chi connectivity index (χ0v) is 10.9. The molecule has 2 aliphatic rings. The topological polar surface area (TPSA) is 41.6 Å². The lowest BCUT2D eigenvalue weighted by Gasteiger charge is -2.27. The van der Waals surface area contributed by atoms with Gasteiger partial charge in [0.1, 0.15) is 0 Å². The highest BCUT2D eigenvalue weighted by Gasteiger charge is 2.32. The van der Waals surface area contributed by atoms with E-state index in [1.807, 2.05) is 11.9 Å². The maximum Gasteiger partial charge on any atom is 0.239 e. The van der Waals surface area contributed by atoms with Crippen molar-refractivity contribution in [1.29, 1.82) is 0 Å². The van der Waals surface area contributed by atoms with Crippen LogP contribution >= 0.6 is 0 Å². The number of carbonyl (C=O) groups excluding carboxylic acids is 1. The van der Waals surface area contributed by atoms with Gasteiger partial charge in [-0.25, -0.2) is 0 Å². The number of amides is 1. The standard InChI is InChI=1S/C13H24N2O2/c1-10-4-3-6-15(13(16)12(10)14-2)8-11-5-7-17-9-11/h10-12,14H,3-9H2,1-2H3. The summed E-state index contributed by atoms with van der Waals surface area (Å²) in [6, 6.07) is -0.000165. The SMILES string of the molecule is CNC1C(=O)N(CC2CCOC2)CCCC1C. The Hall–Kier alpha value is -0.610. The second kappa shape index (κ2) is 5.83. The minimum absolute atomic E-state index is 0.000165. The summed E-state index contributed by atoms with van der Waals surface area (Å²) in [6.45, 7) is 5.64. The molecule has 0 radical (unpaired) electrons. The van der Waals surface area contributed by atoms with Crippen molar-refractivity contribution in [3.63, 3.8) is 0 Å². The number of hydrogen-bond donors (Lipinski definition) is 1. The number of rotatable bonds is 3. The van der Waals surface area contributed by atoms with Crippen molar-refractivity contribution in [3.8, 4) is 0 Å². The van der Waals surface area contributed by atoms with Gasteiger partial charge in [-0.05, 0) is 32.2 Å². The Labute approximate surface area is 104 Å². The van der Waals surface area contributed by atoms with E-state index in [2.05, 4.69) is 12.2 Å². The first-order chi connectivity index (χ1) is 8.22. The van der Waals surface area contributed by atoms with Crippen LogP contribution in [0.25, 0.3) is 0 Å².